The Labute approximate surface area is 230 Å². The molecule has 3 aromatic heterocycles. The van der Waals surface area contributed by atoms with Crippen LogP contribution in [0.1, 0.15) is 5.56 Å². The molecule has 0 spiro atoms. The van der Waals surface area contributed by atoms with Crippen LogP contribution in [0.3, 0.4) is 0 Å². The molecule has 0 atom stereocenters. The zero-order valence-electron chi connectivity index (χ0n) is 21.9. The van der Waals surface area contributed by atoms with E-state index in [-0.39, 0.29) is 0 Å². The molecule has 0 bridgehead atoms. The number of hydrogen-bond acceptors (Lipinski definition) is 1. The normalized spacial score (nSPS) is 12.1. The SMILES string of the molecule is Cc1cccc(-n2c3cc4c5ccccc5n(-c5ccccc5)c4cc3c3ccc4c5ccccc5oc4c32)c1. The van der Waals surface area contributed by atoms with Crippen molar-refractivity contribution in [2.45, 2.75) is 6.92 Å². The summed E-state index contributed by atoms with van der Waals surface area (Å²) in [6.07, 6.45) is 0. The van der Waals surface area contributed by atoms with Crippen LogP contribution in [-0.4, -0.2) is 9.13 Å². The van der Waals surface area contributed by atoms with Gasteiger partial charge in [-0.3, -0.25) is 0 Å². The molecule has 188 valence electrons. The molecule has 3 heterocycles. The lowest BCUT2D eigenvalue weighted by molar-refractivity contribution is 0.671. The Kier molecular flexibility index (Phi) is 4.26. The molecule has 9 aromatic rings. The van der Waals surface area contributed by atoms with Gasteiger partial charge in [-0.1, -0.05) is 72.8 Å². The summed E-state index contributed by atoms with van der Waals surface area (Å²) in [4.78, 5) is 0. The van der Waals surface area contributed by atoms with Gasteiger partial charge in [0, 0.05) is 43.7 Å². The van der Waals surface area contributed by atoms with Gasteiger partial charge in [-0.2, -0.15) is 0 Å². The monoisotopic (exact) mass is 512 g/mol. The molecule has 3 heteroatoms. The van der Waals surface area contributed by atoms with Crippen LogP contribution in [0.2, 0.25) is 0 Å². The van der Waals surface area contributed by atoms with E-state index < -0.39 is 0 Å². The third-order valence-corrected chi connectivity index (χ3v) is 8.34. The summed E-state index contributed by atoms with van der Waals surface area (Å²) in [5.41, 5.74) is 10.1. The van der Waals surface area contributed by atoms with E-state index in [1.807, 2.05) is 6.07 Å². The Morgan fingerprint density at radius 1 is 0.450 bits per heavy atom. The molecule has 0 aliphatic heterocycles. The van der Waals surface area contributed by atoms with Gasteiger partial charge in [0.15, 0.2) is 5.58 Å². The molecule has 0 fully saturated rings. The molecule has 0 unspecified atom stereocenters. The van der Waals surface area contributed by atoms with E-state index in [1.54, 1.807) is 0 Å². The van der Waals surface area contributed by atoms with Crippen LogP contribution in [-0.2, 0) is 0 Å². The summed E-state index contributed by atoms with van der Waals surface area (Å²) < 4.78 is 11.4. The topological polar surface area (TPSA) is 23.0 Å². The largest absolute Gasteiger partial charge is 0.454 e. The average molecular weight is 513 g/mol. The van der Waals surface area contributed by atoms with Gasteiger partial charge in [0.25, 0.3) is 0 Å². The van der Waals surface area contributed by atoms with Crippen LogP contribution in [0.25, 0.3) is 76.9 Å². The molecule has 0 N–H and O–H groups in total. The number of furan rings is 1. The zero-order chi connectivity index (χ0) is 26.4. The highest BCUT2D eigenvalue weighted by molar-refractivity contribution is 6.24. The van der Waals surface area contributed by atoms with Gasteiger partial charge in [-0.15, -0.1) is 0 Å². The van der Waals surface area contributed by atoms with E-state index >= 15 is 0 Å². The van der Waals surface area contributed by atoms with E-state index in [2.05, 4.69) is 137 Å². The number of hydrogen-bond donors (Lipinski definition) is 0. The van der Waals surface area contributed by atoms with Crippen molar-refractivity contribution in [1.29, 1.82) is 0 Å². The quantitative estimate of drug-likeness (QED) is 0.226. The maximum absolute atomic E-state index is 6.60. The van der Waals surface area contributed by atoms with E-state index in [0.29, 0.717) is 0 Å². The van der Waals surface area contributed by atoms with Crippen molar-refractivity contribution in [2.24, 2.45) is 0 Å². The summed E-state index contributed by atoms with van der Waals surface area (Å²) >= 11 is 0. The fourth-order valence-corrected chi connectivity index (χ4v) is 6.63. The highest BCUT2D eigenvalue weighted by Crippen LogP contribution is 2.43. The first-order valence-electron chi connectivity index (χ1n) is 13.7. The van der Waals surface area contributed by atoms with Gasteiger partial charge in [-0.05, 0) is 67.1 Å². The lowest BCUT2D eigenvalue weighted by Gasteiger charge is -2.10. The molecular weight excluding hydrogens is 488 g/mol. The standard InChI is InChI=1S/C37H24N2O/c1-23-10-9-13-25(20-23)39-34-21-30-26-14-5-7-16-32(26)38(24-11-3-2-4-12-24)33(30)22-31(34)28-18-19-29-27-15-6-8-17-35(27)40-37(29)36(28)39/h2-22H,1H3. The molecule has 40 heavy (non-hydrogen) atoms. The molecule has 9 rings (SSSR count). The lowest BCUT2D eigenvalue weighted by Crippen LogP contribution is -1.95. The molecule has 0 aliphatic rings. The smallest absolute Gasteiger partial charge is 0.160 e. The maximum Gasteiger partial charge on any atom is 0.160 e. The molecule has 0 radical (unpaired) electrons. The van der Waals surface area contributed by atoms with Crippen LogP contribution in [0.5, 0.6) is 0 Å². The zero-order valence-corrected chi connectivity index (χ0v) is 21.9. The van der Waals surface area contributed by atoms with Crippen LogP contribution >= 0.6 is 0 Å². The van der Waals surface area contributed by atoms with E-state index in [9.17, 15) is 0 Å². The Hall–Kier alpha value is -5.28. The first kappa shape index (κ1) is 21.6. The molecule has 0 saturated carbocycles. The molecule has 6 aromatic carbocycles. The van der Waals surface area contributed by atoms with Crippen molar-refractivity contribution in [1.82, 2.24) is 9.13 Å². The Morgan fingerprint density at radius 3 is 1.98 bits per heavy atom. The second-order valence-electron chi connectivity index (χ2n) is 10.7. The first-order valence-corrected chi connectivity index (χ1v) is 13.7. The molecule has 0 amide bonds. The second kappa shape index (κ2) is 7.87. The van der Waals surface area contributed by atoms with E-state index in [4.69, 9.17) is 4.42 Å². The number of fused-ring (bicyclic) bond motifs is 10. The fourth-order valence-electron chi connectivity index (χ4n) is 6.63. The summed E-state index contributed by atoms with van der Waals surface area (Å²) in [5, 5.41) is 7.18. The number of benzene rings is 6. The van der Waals surface area contributed by atoms with E-state index in [1.165, 1.54) is 43.7 Å². The van der Waals surface area contributed by atoms with Gasteiger partial charge < -0.3 is 13.6 Å². The minimum atomic E-state index is 0.915. The van der Waals surface area contributed by atoms with Crippen molar-refractivity contribution in [3.8, 4) is 11.4 Å². The highest BCUT2D eigenvalue weighted by atomic mass is 16.3. The maximum atomic E-state index is 6.60. The van der Waals surface area contributed by atoms with Gasteiger partial charge in [0.2, 0.25) is 0 Å². The van der Waals surface area contributed by atoms with Gasteiger partial charge >= 0.3 is 0 Å². The Bertz CT molecular complexity index is 2440. The predicted molar refractivity (Wildman–Crippen MR) is 167 cm³/mol. The molecule has 0 aliphatic carbocycles. The third-order valence-electron chi connectivity index (χ3n) is 8.34. The first-order chi connectivity index (χ1) is 19.8. The molecule has 0 saturated heterocycles. The van der Waals surface area contributed by atoms with Gasteiger partial charge in [0.05, 0.1) is 22.1 Å². The van der Waals surface area contributed by atoms with Crippen LogP contribution in [0.4, 0.5) is 0 Å². The Balaban J connectivity index is 1.52. The number of rotatable bonds is 2. The van der Waals surface area contributed by atoms with E-state index in [0.717, 1.165) is 38.8 Å². The summed E-state index contributed by atoms with van der Waals surface area (Å²) in [7, 11) is 0. The number of aryl methyl sites for hydroxylation is 1. The molecule has 3 nitrogen and oxygen atoms in total. The summed E-state index contributed by atoms with van der Waals surface area (Å²) in [6.45, 7) is 2.15. The number of nitrogens with zero attached hydrogens (tertiary/aromatic N) is 2. The van der Waals surface area contributed by atoms with Crippen LogP contribution in [0.15, 0.2) is 132 Å². The second-order valence-corrected chi connectivity index (χ2v) is 10.7. The number of para-hydroxylation sites is 3. The minimum Gasteiger partial charge on any atom is -0.454 e. The summed E-state index contributed by atoms with van der Waals surface area (Å²) in [6, 6.07) is 45.7. The van der Waals surface area contributed by atoms with Gasteiger partial charge in [0.1, 0.15) is 5.58 Å². The average Bonchev–Trinajstić information content (AvgIpc) is 3.64. The van der Waals surface area contributed by atoms with Crippen molar-refractivity contribution >= 4 is 65.6 Å². The summed E-state index contributed by atoms with van der Waals surface area (Å²) in [5.74, 6) is 0. The predicted octanol–water partition coefficient (Wildman–Crippen LogP) is 10.1. The van der Waals surface area contributed by atoms with Crippen molar-refractivity contribution in [3.05, 3.63) is 133 Å². The third kappa shape index (κ3) is 2.84. The fraction of sp³-hybridized carbons (Fsp3) is 0.0270. The van der Waals surface area contributed by atoms with Crippen molar-refractivity contribution in [2.75, 3.05) is 0 Å². The van der Waals surface area contributed by atoms with Crippen LogP contribution < -0.4 is 0 Å². The lowest BCUT2D eigenvalue weighted by atomic mass is 10.1. The minimum absolute atomic E-state index is 0.915. The highest BCUT2D eigenvalue weighted by Gasteiger charge is 2.21. The van der Waals surface area contributed by atoms with Crippen molar-refractivity contribution in [3.63, 3.8) is 0 Å². The van der Waals surface area contributed by atoms with Gasteiger partial charge in [-0.25, -0.2) is 0 Å². The van der Waals surface area contributed by atoms with Crippen LogP contribution in [0, 0.1) is 6.92 Å². The molecular formula is C37H24N2O. The number of aromatic nitrogens is 2. The Morgan fingerprint density at radius 2 is 1.12 bits per heavy atom. The van der Waals surface area contributed by atoms with Crippen molar-refractivity contribution < 1.29 is 4.42 Å².